The van der Waals surface area contributed by atoms with E-state index >= 15 is 0 Å². The average Bonchev–Trinajstić information content (AvgIpc) is 3.04. The van der Waals surface area contributed by atoms with E-state index in [2.05, 4.69) is 29.2 Å². The van der Waals surface area contributed by atoms with Crippen molar-refractivity contribution >= 4 is 17.3 Å². The number of anilines is 1. The smallest absolute Gasteiger partial charge is 0.287 e. The number of nitrogens with zero attached hydrogens (tertiary/aromatic N) is 3. The highest BCUT2D eigenvalue weighted by molar-refractivity contribution is 6.33. The van der Waals surface area contributed by atoms with E-state index in [0.717, 1.165) is 38.2 Å². The minimum Gasteiger partial charge on any atom is -0.365 e. The van der Waals surface area contributed by atoms with Gasteiger partial charge in [0.05, 0.1) is 11.9 Å². The lowest BCUT2D eigenvalue weighted by molar-refractivity contribution is 0.471. The lowest BCUT2D eigenvalue weighted by Gasteiger charge is -2.27. The van der Waals surface area contributed by atoms with Crippen LogP contribution in [0.3, 0.4) is 0 Å². The third-order valence-electron chi connectivity index (χ3n) is 4.93. The van der Waals surface area contributed by atoms with Gasteiger partial charge in [0.25, 0.3) is 5.56 Å². The van der Waals surface area contributed by atoms with Crippen molar-refractivity contribution < 1.29 is 0 Å². The van der Waals surface area contributed by atoms with Crippen LogP contribution in [0.25, 0.3) is 0 Å². The fraction of sp³-hybridized carbons (Fsp3) is 0.733. The quantitative estimate of drug-likeness (QED) is 0.920. The summed E-state index contributed by atoms with van der Waals surface area (Å²) in [6.45, 7) is 8.03. The fourth-order valence-electron chi connectivity index (χ4n) is 3.61. The van der Waals surface area contributed by atoms with Gasteiger partial charge in [-0.1, -0.05) is 24.9 Å². The van der Waals surface area contributed by atoms with Gasteiger partial charge >= 0.3 is 0 Å². The van der Waals surface area contributed by atoms with Gasteiger partial charge < -0.3 is 10.2 Å². The fourth-order valence-corrected chi connectivity index (χ4v) is 3.86. The van der Waals surface area contributed by atoms with Crippen molar-refractivity contribution in [1.82, 2.24) is 15.1 Å². The second kappa shape index (κ2) is 5.97. The maximum absolute atomic E-state index is 12.3. The summed E-state index contributed by atoms with van der Waals surface area (Å²) in [6.07, 6.45) is 3.75. The van der Waals surface area contributed by atoms with Crippen LogP contribution in [0.5, 0.6) is 0 Å². The van der Waals surface area contributed by atoms with Crippen LogP contribution in [-0.4, -0.2) is 35.5 Å². The van der Waals surface area contributed by atoms with Crippen molar-refractivity contribution in [2.24, 2.45) is 11.8 Å². The van der Waals surface area contributed by atoms with Gasteiger partial charge in [0, 0.05) is 32.2 Å². The molecule has 3 rings (SSSR count). The van der Waals surface area contributed by atoms with E-state index in [1.54, 1.807) is 6.20 Å². The van der Waals surface area contributed by atoms with E-state index in [9.17, 15) is 4.79 Å². The van der Waals surface area contributed by atoms with Gasteiger partial charge in [0.1, 0.15) is 5.02 Å². The van der Waals surface area contributed by atoms with Crippen LogP contribution in [-0.2, 0) is 6.54 Å². The van der Waals surface area contributed by atoms with E-state index in [0.29, 0.717) is 29.4 Å². The highest BCUT2D eigenvalue weighted by atomic mass is 35.5. The minimum absolute atomic E-state index is 0.162. The van der Waals surface area contributed by atoms with Crippen LogP contribution in [0.2, 0.25) is 5.02 Å². The second-order valence-corrected chi connectivity index (χ2v) is 6.58. The Hall–Kier alpha value is -1.07. The van der Waals surface area contributed by atoms with Crippen LogP contribution in [0, 0.1) is 11.8 Å². The summed E-state index contributed by atoms with van der Waals surface area (Å²) < 4.78 is 1.48. The van der Waals surface area contributed by atoms with E-state index in [4.69, 9.17) is 11.6 Å². The van der Waals surface area contributed by atoms with Gasteiger partial charge in [0.2, 0.25) is 0 Å². The summed E-state index contributed by atoms with van der Waals surface area (Å²) >= 11 is 6.35. The molecule has 0 amide bonds. The number of rotatable bonds is 4. The number of aryl methyl sites for hydroxylation is 1. The number of halogens is 1. The monoisotopic (exact) mass is 310 g/mol. The highest BCUT2D eigenvalue weighted by Crippen LogP contribution is 2.37. The Morgan fingerprint density at radius 2 is 2.29 bits per heavy atom. The summed E-state index contributed by atoms with van der Waals surface area (Å²) in [5.41, 5.74) is 0.640. The van der Waals surface area contributed by atoms with E-state index in [-0.39, 0.29) is 5.56 Å². The Labute approximate surface area is 130 Å². The molecule has 0 aliphatic carbocycles. The molecule has 0 saturated carbocycles. The van der Waals surface area contributed by atoms with Gasteiger partial charge in [-0.25, -0.2) is 4.68 Å². The maximum Gasteiger partial charge on any atom is 0.287 e. The van der Waals surface area contributed by atoms with Crippen LogP contribution in [0.1, 0.15) is 26.7 Å². The first kappa shape index (κ1) is 14.9. The van der Waals surface area contributed by atoms with Crippen LogP contribution in [0.4, 0.5) is 5.69 Å². The molecule has 5 nitrogen and oxygen atoms in total. The third kappa shape index (κ3) is 2.57. The normalized spacial score (nSPS) is 28.1. The predicted octanol–water partition coefficient (Wildman–Crippen LogP) is 1.74. The Bertz CT molecular complexity index is 573. The first-order valence-corrected chi connectivity index (χ1v) is 8.24. The topological polar surface area (TPSA) is 50.2 Å². The molecule has 0 spiro atoms. The lowest BCUT2D eigenvalue weighted by atomic mass is 9.95. The van der Waals surface area contributed by atoms with Gasteiger partial charge in [-0.3, -0.25) is 4.79 Å². The van der Waals surface area contributed by atoms with Crippen LogP contribution >= 0.6 is 11.6 Å². The van der Waals surface area contributed by atoms with Gasteiger partial charge in [0.15, 0.2) is 0 Å². The molecule has 3 atom stereocenters. The third-order valence-corrected chi connectivity index (χ3v) is 5.29. The van der Waals surface area contributed by atoms with Crippen molar-refractivity contribution in [1.29, 1.82) is 0 Å². The highest BCUT2D eigenvalue weighted by Gasteiger charge is 2.42. The molecule has 116 valence electrons. The SMILES string of the molecule is CCCCn1ncc(N2CC3CNCC3C2C)c(Cl)c1=O. The second-order valence-electron chi connectivity index (χ2n) is 6.20. The van der Waals surface area contributed by atoms with Gasteiger partial charge in [-0.15, -0.1) is 0 Å². The maximum atomic E-state index is 12.3. The van der Waals surface area contributed by atoms with Crippen LogP contribution in [0.15, 0.2) is 11.0 Å². The summed E-state index contributed by atoms with van der Waals surface area (Å²) in [7, 11) is 0. The van der Waals surface area contributed by atoms with Crippen molar-refractivity contribution in [3.63, 3.8) is 0 Å². The molecule has 2 aliphatic rings. The molecule has 2 fully saturated rings. The molecule has 1 aromatic heterocycles. The average molecular weight is 311 g/mol. The number of hydrogen-bond donors (Lipinski definition) is 1. The van der Waals surface area contributed by atoms with E-state index in [1.165, 1.54) is 4.68 Å². The Morgan fingerprint density at radius 1 is 1.48 bits per heavy atom. The Kier molecular flexibility index (Phi) is 4.22. The molecule has 3 unspecified atom stereocenters. The standard InChI is InChI=1S/C15H23ClN4O/c1-3-4-5-20-15(21)14(16)13(8-18-20)19-9-11-6-17-7-12(11)10(19)2/h8,10-12,17H,3-7,9H2,1-2H3. The molecule has 0 bridgehead atoms. The summed E-state index contributed by atoms with van der Waals surface area (Å²) in [5.74, 6) is 1.29. The lowest BCUT2D eigenvalue weighted by Crippen LogP contribution is -2.35. The first-order chi connectivity index (χ1) is 10.1. The molecule has 0 radical (unpaired) electrons. The number of fused-ring (bicyclic) bond motifs is 1. The molecule has 1 N–H and O–H groups in total. The largest absolute Gasteiger partial charge is 0.365 e. The minimum atomic E-state index is -0.162. The number of unbranched alkanes of at least 4 members (excludes halogenated alkanes) is 1. The molecule has 21 heavy (non-hydrogen) atoms. The summed E-state index contributed by atoms with van der Waals surface area (Å²) in [5, 5.41) is 8.08. The van der Waals surface area contributed by atoms with Gasteiger partial charge in [-0.05, 0) is 25.2 Å². The van der Waals surface area contributed by atoms with Crippen molar-refractivity contribution in [3.05, 3.63) is 21.6 Å². The Morgan fingerprint density at radius 3 is 3.00 bits per heavy atom. The first-order valence-electron chi connectivity index (χ1n) is 7.86. The number of aromatic nitrogens is 2. The van der Waals surface area contributed by atoms with Gasteiger partial charge in [-0.2, -0.15) is 5.10 Å². The van der Waals surface area contributed by atoms with E-state index in [1.807, 2.05) is 0 Å². The molecular formula is C15H23ClN4O. The molecule has 1 aromatic rings. The molecule has 2 aliphatic heterocycles. The van der Waals surface area contributed by atoms with Crippen molar-refractivity contribution in [3.8, 4) is 0 Å². The molecule has 6 heteroatoms. The molecule has 3 heterocycles. The zero-order valence-electron chi connectivity index (χ0n) is 12.7. The number of hydrogen-bond acceptors (Lipinski definition) is 4. The van der Waals surface area contributed by atoms with Crippen LogP contribution < -0.4 is 15.8 Å². The summed E-state index contributed by atoms with van der Waals surface area (Å²) in [4.78, 5) is 14.6. The Balaban J connectivity index is 1.86. The molecular weight excluding hydrogens is 288 g/mol. The zero-order valence-corrected chi connectivity index (χ0v) is 13.4. The number of nitrogens with one attached hydrogen (secondary N) is 1. The molecule has 2 saturated heterocycles. The molecule has 0 aromatic carbocycles. The van der Waals surface area contributed by atoms with Crippen molar-refractivity contribution in [2.45, 2.75) is 39.3 Å². The zero-order chi connectivity index (χ0) is 15.0. The van der Waals surface area contributed by atoms with E-state index < -0.39 is 0 Å². The summed E-state index contributed by atoms with van der Waals surface area (Å²) in [6, 6.07) is 0.398. The predicted molar refractivity (Wildman–Crippen MR) is 85.1 cm³/mol. The van der Waals surface area contributed by atoms with Crippen molar-refractivity contribution in [2.75, 3.05) is 24.5 Å².